The summed E-state index contributed by atoms with van der Waals surface area (Å²) < 4.78 is 1.22. The zero-order valence-electron chi connectivity index (χ0n) is 33.4. The monoisotopic (exact) mass is 944 g/mol. The average molecular weight is 944 g/mol. The van der Waals surface area contributed by atoms with Crippen molar-refractivity contribution in [1.82, 2.24) is 15.0 Å². The molecule has 9 aromatic rings. The molecule has 0 N–H and O–H groups in total. The molecule has 1 radical (unpaired) electrons. The molecular formula is C53H41IrN3S-2. The number of aryl methyl sites for hydroxylation is 2. The van der Waals surface area contributed by atoms with E-state index in [0.29, 0.717) is 0 Å². The van der Waals surface area contributed by atoms with E-state index in [0.717, 1.165) is 44.1 Å². The van der Waals surface area contributed by atoms with Gasteiger partial charge in [-0.25, -0.2) is 0 Å². The molecule has 285 valence electrons. The number of aromatic nitrogens is 3. The van der Waals surface area contributed by atoms with Crippen LogP contribution in [0.2, 0.25) is 0 Å². The Labute approximate surface area is 358 Å². The molecule has 0 aliphatic heterocycles. The fourth-order valence-electron chi connectivity index (χ4n) is 9.09. The van der Waals surface area contributed by atoms with Crippen LogP contribution in [0, 0.1) is 26.0 Å². The number of hydrogen-bond donors (Lipinski definition) is 0. The molecule has 5 heteroatoms. The minimum absolute atomic E-state index is 0. The van der Waals surface area contributed by atoms with Crippen LogP contribution < -0.4 is 0 Å². The predicted molar refractivity (Wildman–Crippen MR) is 238 cm³/mol. The van der Waals surface area contributed by atoms with E-state index in [1.54, 1.807) is 11.3 Å². The van der Waals surface area contributed by atoms with Gasteiger partial charge in [0.2, 0.25) is 0 Å². The summed E-state index contributed by atoms with van der Waals surface area (Å²) >= 11 is 1.73. The van der Waals surface area contributed by atoms with Crippen molar-refractivity contribution < 1.29 is 20.1 Å². The zero-order chi connectivity index (χ0) is 39.1. The third-order valence-corrected chi connectivity index (χ3v) is 13.2. The molecule has 2 aliphatic rings. The molecule has 2 heterocycles. The molecule has 0 bridgehead atoms. The maximum Gasteiger partial charge on any atom is 0.0763 e. The molecule has 2 aliphatic carbocycles. The SMILES string of the molecule is CC1(C)c2c[c-]c(-c3nc4ccccc4s3)cc2-c2ccccc21.Cc1cccc(C)c1-c1nc(-c2[c-]cc3c(c2)-c2ccccc2C3(C)C)nc2ccccc12.[Ir]. The third kappa shape index (κ3) is 6.07. The van der Waals surface area contributed by atoms with Gasteiger partial charge >= 0.3 is 0 Å². The Bertz CT molecular complexity index is 3010. The van der Waals surface area contributed by atoms with Gasteiger partial charge in [0.05, 0.1) is 22.6 Å². The van der Waals surface area contributed by atoms with Crippen LogP contribution in [-0.4, -0.2) is 15.0 Å². The summed E-state index contributed by atoms with van der Waals surface area (Å²) in [5.74, 6) is 0.719. The summed E-state index contributed by atoms with van der Waals surface area (Å²) in [6, 6.07) is 56.2. The van der Waals surface area contributed by atoms with Crippen LogP contribution >= 0.6 is 11.3 Å². The van der Waals surface area contributed by atoms with Gasteiger partial charge < -0.3 is 0 Å². The van der Waals surface area contributed by atoms with Gasteiger partial charge in [0.1, 0.15) is 0 Å². The summed E-state index contributed by atoms with van der Waals surface area (Å²) in [5.41, 5.74) is 19.3. The maximum atomic E-state index is 5.14. The quantitative estimate of drug-likeness (QED) is 0.166. The minimum atomic E-state index is -0.0331. The van der Waals surface area contributed by atoms with Crippen molar-refractivity contribution >= 4 is 32.5 Å². The molecule has 2 aromatic heterocycles. The van der Waals surface area contributed by atoms with Gasteiger partial charge in [0.15, 0.2) is 0 Å². The smallest absolute Gasteiger partial charge is 0.0763 e. The van der Waals surface area contributed by atoms with E-state index in [1.807, 2.05) is 12.1 Å². The van der Waals surface area contributed by atoms with Gasteiger partial charge in [-0.15, -0.1) is 58.7 Å². The molecule has 0 saturated heterocycles. The summed E-state index contributed by atoms with van der Waals surface area (Å²) in [7, 11) is 0. The molecule has 0 atom stereocenters. The van der Waals surface area contributed by atoms with E-state index in [9.17, 15) is 0 Å². The van der Waals surface area contributed by atoms with Crippen molar-refractivity contribution in [3.8, 4) is 55.5 Å². The van der Waals surface area contributed by atoms with Crippen LogP contribution in [-0.2, 0) is 30.9 Å². The van der Waals surface area contributed by atoms with Gasteiger partial charge in [0.25, 0.3) is 0 Å². The summed E-state index contributed by atoms with van der Waals surface area (Å²) in [4.78, 5) is 14.9. The standard InChI is InChI=1S/C31H25N2.C22H16NS.Ir/c1-19-10-9-11-20(2)28(19)29-23-13-6-8-15-27(23)32-30(33-29)21-16-17-26-24(18-21)22-12-5-7-14-25(22)31(26,3)4;1-22(2)17-8-4-3-7-15(17)16-13-14(11-12-18(16)22)21-23-19-9-5-6-10-20(19)24-21;/h5-15,17-18H,1-4H3;3-10,12-13H,1-2H3;/q2*-1;. The molecule has 0 amide bonds. The van der Waals surface area contributed by atoms with Crippen LogP contribution in [0.1, 0.15) is 61.1 Å². The van der Waals surface area contributed by atoms with Crippen LogP contribution in [0.5, 0.6) is 0 Å². The Morgan fingerprint density at radius 3 is 1.67 bits per heavy atom. The molecule has 0 saturated carbocycles. The average Bonchev–Trinajstić information content (AvgIpc) is 3.84. The normalized spacial score (nSPS) is 13.8. The molecule has 7 aromatic carbocycles. The third-order valence-electron chi connectivity index (χ3n) is 12.1. The van der Waals surface area contributed by atoms with E-state index in [1.165, 1.54) is 65.9 Å². The number of fused-ring (bicyclic) bond motifs is 8. The van der Waals surface area contributed by atoms with E-state index in [4.69, 9.17) is 15.0 Å². The van der Waals surface area contributed by atoms with Crippen molar-refractivity contribution in [1.29, 1.82) is 0 Å². The Morgan fingerprint density at radius 2 is 1.03 bits per heavy atom. The summed E-state index contributed by atoms with van der Waals surface area (Å²) in [6.07, 6.45) is 0. The first kappa shape index (κ1) is 38.0. The Hall–Kier alpha value is -5.58. The second-order valence-corrected chi connectivity index (χ2v) is 17.4. The first-order valence-electron chi connectivity index (χ1n) is 19.6. The number of hydrogen-bond acceptors (Lipinski definition) is 4. The molecule has 58 heavy (non-hydrogen) atoms. The Kier molecular flexibility index (Phi) is 9.40. The first-order chi connectivity index (χ1) is 27.6. The summed E-state index contributed by atoms with van der Waals surface area (Å²) in [6.45, 7) is 13.5. The van der Waals surface area contributed by atoms with E-state index in [2.05, 4.69) is 181 Å². The largest absolute Gasteiger partial charge is 0.285 e. The van der Waals surface area contributed by atoms with Gasteiger partial charge in [-0.1, -0.05) is 136 Å². The molecule has 0 fully saturated rings. The van der Waals surface area contributed by atoms with Crippen molar-refractivity contribution in [2.45, 2.75) is 52.4 Å². The van der Waals surface area contributed by atoms with E-state index >= 15 is 0 Å². The van der Waals surface area contributed by atoms with Crippen molar-refractivity contribution in [2.24, 2.45) is 0 Å². The molecule has 11 rings (SSSR count). The van der Waals surface area contributed by atoms with Crippen molar-refractivity contribution in [2.75, 3.05) is 0 Å². The first-order valence-corrected chi connectivity index (χ1v) is 20.4. The fourth-order valence-corrected chi connectivity index (χ4v) is 10.0. The van der Waals surface area contributed by atoms with Crippen LogP contribution in [0.3, 0.4) is 0 Å². The van der Waals surface area contributed by atoms with Crippen LogP contribution in [0.25, 0.3) is 76.6 Å². The van der Waals surface area contributed by atoms with E-state index in [-0.39, 0.29) is 30.9 Å². The van der Waals surface area contributed by atoms with Gasteiger partial charge in [0, 0.05) is 40.8 Å². The number of nitrogens with zero attached hydrogens (tertiary/aromatic N) is 3. The van der Waals surface area contributed by atoms with Crippen molar-refractivity contribution in [3.05, 3.63) is 185 Å². The summed E-state index contributed by atoms with van der Waals surface area (Å²) in [5, 5.41) is 2.12. The Morgan fingerprint density at radius 1 is 0.500 bits per heavy atom. The Balaban J connectivity index is 0.000000155. The van der Waals surface area contributed by atoms with Gasteiger partial charge in [-0.2, -0.15) is 11.3 Å². The molecule has 0 unspecified atom stereocenters. The molecular weight excluding hydrogens is 903 g/mol. The molecule has 0 spiro atoms. The number of benzene rings is 7. The number of rotatable bonds is 3. The van der Waals surface area contributed by atoms with Gasteiger partial charge in [-0.3, -0.25) is 15.0 Å². The number of para-hydroxylation sites is 2. The van der Waals surface area contributed by atoms with Crippen LogP contribution in [0.15, 0.2) is 140 Å². The predicted octanol–water partition coefficient (Wildman–Crippen LogP) is 13.8. The topological polar surface area (TPSA) is 38.7 Å². The minimum Gasteiger partial charge on any atom is -0.285 e. The molecule has 3 nitrogen and oxygen atoms in total. The van der Waals surface area contributed by atoms with Gasteiger partial charge in [-0.05, 0) is 76.3 Å². The number of thiazole rings is 1. The second-order valence-electron chi connectivity index (χ2n) is 16.4. The van der Waals surface area contributed by atoms with E-state index < -0.39 is 0 Å². The zero-order valence-corrected chi connectivity index (χ0v) is 36.6. The fraction of sp³-hybridized carbons (Fsp3) is 0.151. The second kappa shape index (κ2) is 14.4. The van der Waals surface area contributed by atoms with Crippen molar-refractivity contribution in [3.63, 3.8) is 0 Å². The maximum absolute atomic E-state index is 5.14. The van der Waals surface area contributed by atoms with Crippen LogP contribution in [0.4, 0.5) is 0 Å².